The molecule has 76 valence electrons. The number of alkyl halides is 1. The molecule has 1 aromatic rings. The van der Waals surface area contributed by atoms with Crippen LogP contribution in [0.5, 0.6) is 5.75 Å². The second kappa shape index (κ2) is 4.94. The Labute approximate surface area is 99.9 Å². The Bertz CT molecular complexity index is 350. The Morgan fingerprint density at radius 2 is 2.14 bits per heavy atom. The SMILES string of the molecule is COc1cc(C(Br)C(C)=O)ccc1Br. The molecule has 0 fully saturated rings. The van der Waals surface area contributed by atoms with Crippen molar-refractivity contribution in [2.24, 2.45) is 0 Å². The maximum atomic E-state index is 11.1. The highest BCUT2D eigenvalue weighted by molar-refractivity contribution is 9.10. The standard InChI is InChI=1S/C10H10Br2O2/c1-6(13)10(12)7-3-4-8(11)9(5-7)14-2/h3-5,10H,1-2H3. The number of Topliss-reactive ketones (excluding diaryl/α,β-unsaturated/α-hetero) is 1. The van der Waals surface area contributed by atoms with Gasteiger partial charge in [0.25, 0.3) is 0 Å². The molecule has 0 bridgehead atoms. The molecule has 2 nitrogen and oxygen atoms in total. The zero-order chi connectivity index (χ0) is 10.7. The predicted molar refractivity (Wildman–Crippen MR) is 63.0 cm³/mol. The van der Waals surface area contributed by atoms with E-state index in [0.29, 0.717) is 0 Å². The molecule has 1 atom stereocenters. The van der Waals surface area contributed by atoms with Gasteiger partial charge in [-0.25, -0.2) is 0 Å². The van der Waals surface area contributed by atoms with E-state index in [1.807, 2.05) is 18.2 Å². The monoisotopic (exact) mass is 320 g/mol. The van der Waals surface area contributed by atoms with Crippen LogP contribution in [0.25, 0.3) is 0 Å². The quantitative estimate of drug-likeness (QED) is 0.797. The summed E-state index contributed by atoms with van der Waals surface area (Å²) in [5.74, 6) is 0.808. The van der Waals surface area contributed by atoms with E-state index in [2.05, 4.69) is 31.9 Å². The van der Waals surface area contributed by atoms with Crippen LogP contribution in [0, 0.1) is 0 Å². The number of rotatable bonds is 3. The number of carbonyl (C=O) groups excluding carboxylic acids is 1. The van der Waals surface area contributed by atoms with Crippen LogP contribution in [-0.4, -0.2) is 12.9 Å². The summed E-state index contributed by atoms with van der Waals surface area (Å²) in [6, 6.07) is 5.59. The summed E-state index contributed by atoms with van der Waals surface area (Å²) in [5.41, 5.74) is 0.901. The minimum absolute atomic E-state index is 0.0781. The van der Waals surface area contributed by atoms with E-state index in [1.165, 1.54) is 0 Å². The smallest absolute Gasteiger partial charge is 0.147 e. The molecular weight excluding hydrogens is 312 g/mol. The van der Waals surface area contributed by atoms with Gasteiger partial charge in [0.1, 0.15) is 11.5 Å². The lowest BCUT2D eigenvalue weighted by molar-refractivity contribution is -0.116. The first-order valence-corrected chi connectivity index (χ1v) is 5.75. The average molecular weight is 322 g/mol. The van der Waals surface area contributed by atoms with Gasteiger partial charge >= 0.3 is 0 Å². The van der Waals surface area contributed by atoms with Crippen molar-refractivity contribution in [3.05, 3.63) is 28.2 Å². The van der Waals surface area contributed by atoms with Crippen LogP contribution in [0.1, 0.15) is 17.3 Å². The largest absolute Gasteiger partial charge is 0.496 e. The highest BCUT2D eigenvalue weighted by atomic mass is 79.9. The Morgan fingerprint density at radius 3 is 2.64 bits per heavy atom. The van der Waals surface area contributed by atoms with Crippen molar-refractivity contribution in [1.29, 1.82) is 0 Å². The molecule has 0 aliphatic rings. The van der Waals surface area contributed by atoms with E-state index in [1.54, 1.807) is 14.0 Å². The number of ether oxygens (including phenoxy) is 1. The first-order chi connectivity index (χ1) is 6.56. The Balaban J connectivity index is 3.06. The van der Waals surface area contributed by atoms with Gasteiger partial charge < -0.3 is 4.74 Å². The molecule has 0 saturated carbocycles. The summed E-state index contributed by atoms with van der Waals surface area (Å²) in [6.07, 6.45) is 0. The van der Waals surface area contributed by atoms with Gasteiger partial charge in [-0.05, 0) is 40.5 Å². The molecular formula is C10H10Br2O2. The first-order valence-electron chi connectivity index (χ1n) is 4.04. The van der Waals surface area contributed by atoms with Gasteiger partial charge in [0.05, 0.1) is 16.4 Å². The fourth-order valence-electron chi connectivity index (χ4n) is 1.07. The maximum Gasteiger partial charge on any atom is 0.147 e. The normalized spacial score (nSPS) is 12.3. The van der Waals surface area contributed by atoms with E-state index < -0.39 is 0 Å². The third-order valence-corrected chi connectivity index (χ3v) is 3.65. The van der Waals surface area contributed by atoms with Crippen molar-refractivity contribution in [2.45, 2.75) is 11.8 Å². The van der Waals surface area contributed by atoms with Crippen molar-refractivity contribution in [3.63, 3.8) is 0 Å². The molecule has 0 aliphatic carbocycles. The Kier molecular flexibility index (Phi) is 4.13. The third kappa shape index (κ3) is 2.58. The first kappa shape index (κ1) is 11.7. The van der Waals surface area contributed by atoms with Crippen LogP contribution in [0.15, 0.2) is 22.7 Å². The molecule has 0 amide bonds. The van der Waals surface area contributed by atoms with Crippen LogP contribution in [0.2, 0.25) is 0 Å². The van der Waals surface area contributed by atoms with Gasteiger partial charge in [0.15, 0.2) is 0 Å². The molecule has 1 unspecified atom stereocenters. The van der Waals surface area contributed by atoms with E-state index in [-0.39, 0.29) is 10.6 Å². The predicted octanol–water partition coefficient (Wildman–Crippen LogP) is 3.48. The van der Waals surface area contributed by atoms with E-state index in [0.717, 1.165) is 15.8 Å². The zero-order valence-electron chi connectivity index (χ0n) is 7.88. The lowest BCUT2D eigenvalue weighted by Crippen LogP contribution is -2.01. The molecule has 0 N–H and O–H groups in total. The van der Waals surface area contributed by atoms with Crippen molar-refractivity contribution in [2.75, 3.05) is 7.11 Å². The lowest BCUT2D eigenvalue weighted by atomic mass is 10.1. The molecule has 1 aromatic carbocycles. The summed E-state index contributed by atoms with van der Waals surface area (Å²) in [7, 11) is 1.60. The minimum atomic E-state index is -0.260. The van der Waals surface area contributed by atoms with Crippen LogP contribution in [-0.2, 0) is 4.79 Å². The average Bonchev–Trinajstić information content (AvgIpc) is 2.17. The molecule has 14 heavy (non-hydrogen) atoms. The number of carbonyl (C=O) groups is 1. The third-order valence-electron chi connectivity index (χ3n) is 1.82. The number of benzene rings is 1. The van der Waals surface area contributed by atoms with Gasteiger partial charge in [0, 0.05) is 0 Å². The molecule has 4 heteroatoms. The van der Waals surface area contributed by atoms with E-state index in [4.69, 9.17) is 4.74 Å². The summed E-state index contributed by atoms with van der Waals surface area (Å²) < 4.78 is 6.02. The fraction of sp³-hybridized carbons (Fsp3) is 0.300. The maximum absolute atomic E-state index is 11.1. The van der Waals surface area contributed by atoms with Gasteiger partial charge in [-0.1, -0.05) is 22.0 Å². The van der Waals surface area contributed by atoms with Crippen LogP contribution >= 0.6 is 31.9 Å². The van der Waals surface area contributed by atoms with Gasteiger partial charge in [-0.3, -0.25) is 4.79 Å². The van der Waals surface area contributed by atoms with Crippen molar-refractivity contribution >= 4 is 37.6 Å². The fourth-order valence-corrected chi connectivity index (χ4v) is 1.76. The van der Waals surface area contributed by atoms with Crippen molar-refractivity contribution < 1.29 is 9.53 Å². The Hall–Kier alpha value is -0.350. The highest BCUT2D eigenvalue weighted by Crippen LogP contribution is 2.31. The lowest BCUT2D eigenvalue weighted by Gasteiger charge is -2.09. The molecule has 0 aromatic heterocycles. The van der Waals surface area contributed by atoms with Gasteiger partial charge in [0.2, 0.25) is 0 Å². The van der Waals surface area contributed by atoms with Crippen molar-refractivity contribution in [1.82, 2.24) is 0 Å². The molecule has 0 radical (unpaired) electrons. The zero-order valence-corrected chi connectivity index (χ0v) is 11.1. The minimum Gasteiger partial charge on any atom is -0.496 e. The molecule has 0 aliphatic heterocycles. The van der Waals surface area contributed by atoms with Crippen LogP contribution < -0.4 is 4.74 Å². The summed E-state index contributed by atoms with van der Waals surface area (Å²) in [6.45, 7) is 1.55. The van der Waals surface area contributed by atoms with Crippen molar-refractivity contribution in [3.8, 4) is 5.75 Å². The topological polar surface area (TPSA) is 26.3 Å². The number of halogens is 2. The second-order valence-electron chi connectivity index (χ2n) is 2.87. The summed E-state index contributed by atoms with van der Waals surface area (Å²) in [4.78, 5) is 10.9. The molecule has 0 heterocycles. The summed E-state index contributed by atoms with van der Waals surface area (Å²) >= 11 is 6.67. The number of hydrogen-bond donors (Lipinski definition) is 0. The Morgan fingerprint density at radius 1 is 1.50 bits per heavy atom. The number of hydrogen-bond acceptors (Lipinski definition) is 2. The molecule has 1 rings (SSSR count). The molecule has 0 saturated heterocycles. The second-order valence-corrected chi connectivity index (χ2v) is 4.64. The van der Waals surface area contributed by atoms with E-state index in [9.17, 15) is 4.79 Å². The number of ketones is 1. The van der Waals surface area contributed by atoms with Gasteiger partial charge in [-0.2, -0.15) is 0 Å². The van der Waals surface area contributed by atoms with Gasteiger partial charge in [-0.15, -0.1) is 0 Å². The van der Waals surface area contributed by atoms with Crippen LogP contribution in [0.4, 0.5) is 0 Å². The summed E-state index contributed by atoms with van der Waals surface area (Å²) in [5, 5.41) is 0. The molecule has 0 spiro atoms. The van der Waals surface area contributed by atoms with Crippen LogP contribution in [0.3, 0.4) is 0 Å². The number of methoxy groups -OCH3 is 1. The highest BCUT2D eigenvalue weighted by Gasteiger charge is 2.13. The van der Waals surface area contributed by atoms with E-state index >= 15 is 0 Å².